The van der Waals surface area contributed by atoms with Gasteiger partial charge in [0.15, 0.2) is 5.82 Å². The van der Waals surface area contributed by atoms with Gasteiger partial charge in [0.2, 0.25) is 0 Å². The first-order valence-electron chi connectivity index (χ1n) is 9.67. The average Bonchev–Trinajstić information content (AvgIpc) is 3.26. The highest BCUT2D eigenvalue weighted by Crippen LogP contribution is 2.35. The Labute approximate surface area is 164 Å². The second-order valence-electron chi connectivity index (χ2n) is 7.66. The van der Waals surface area contributed by atoms with Crippen molar-refractivity contribution in [1.82, 2.24) is 24.3 Å². The van der Waals surface area contributed by atoms with E-state index >= 15 is 0 Å². The fraction of sp³-hybridized carbons (Fsp3) is 0.429. The van der Waals surface area contributed by atoms with Crippen LogP contribution in [0.1, 0.15) is 39.3 Å². The largest absolute Gasteiger partial charge is 0.491 e. The number of fused-ring (bicyclic) bond motifs is 3. The molecule has 3 heterocycles. The number of aromatic nitrogens is 5. The highest BCUT2D eigenvalue weighted by Gasteiger charge is 2.22. The lowest BCUT2D eigenvalue weighted by atomic mass is 9.97. The van der Waals surface area contributed by atoms with Crippen molar-refractivity contribution < 1.29 is 9.53 Å². The van der Waals surface area contributed by atoms with Crippen LogP contribution in [0.4, 0.5) is 0 Å². The minimum Gasteiger partial charge on any atom is -0.491 e. The number of nitrogens with zero attached hydrogens (tertiary/aromatic N) is 5. The first-order chi connectivity index (χ1) is 13.4. The number of hydrogen-bond acceptors (Lipinski definition) is 5. The van der Waals surface area contributed by atoms with Crippen molar-refractivity contribution >= 4 is 5.78 Å². The molecule has 0 fully saturated rings. The van der Waals surface area contributed by atoms with Crippen LogP contribution in [0.2, 0.25) is 0 Å². The average molecular weight is 379 g/mol. The Morgan fingerprint density at radius 3 is 2.82 bits per heavy atom. The lowest BCUT2D eigenvalue weighted by Crippen LogP contribution is -2.09. The molecular formula is C21H25N5O2. The van der Waals surface area contributed by atoms with Crippen molar-refractivity contribution in [3.05, 3.63) is 36.3 Å². The third-order valence-corrected chi connectivity index (χ3v) is 5.18. The van der Waals surface area contributed by atoms with Crippen LogP contribution in [0.5, 0.6) is 5.75 Å². The van der Waals surface area contributed by atoms with E-state index in [2.05, 4.69) is 34.6 Å². The van der Waals surface area contributed by atoms with Gasteiger partial charge in [-0.15, -0.1) is 0 Å². The minimum absolute atomic E-state index is 0.000174. The molecule has 1 aliphatic rings. The zero-order chi connectivity index (χ0) is 19.8. The van der Waals surface area contributed by atoms with Crippen LogP contribution in [0.25, 0.3) is 22.9 Å². The summed E-state index contributed by atoms with van der Waals surface area (Å²) in [6, 6.07) is 6.34. The molecule has 2 aromatic heterocycles. The van der Waals surface area contributed by atoms with Crippen molar-refractivity contribution in [2.24, 2.45) is 5.92 Å². The molecule has 4 rings (SSSR count). The highest BCUT2D eigenvalue weighted by molar-refractivity contribution is 5.78. The molecule has 7 heteroatoms. The molecule has 0 spiro atoms. The lowest BCUT2D eigenvalue weighted by molar-refractivity contribution is -0.120. The normalized spacial score (nSPS) is 14.2. The summed E-state index contributed by atoms with van der Waals surface area (Å²) in [6.45, 7) is 9.03. The first kappa shape index (κ1) is 18.4. The molecule has 0 aliphatic carbocycles. The Morgan fingerprint density at radius 1 is 1.25 bits per heavy atom. The Morgan fingerprint density at radius 2 is 2.07 bits per heavy atom. The zero-order valence-corrected chi connectivity index (χ0v) is 16.7. The number of imidazole rings is 1. The summed E-state index contributed by atoms with van der Waals surface area (Å²) in [5.74, 6) is 2.65. The predicted octanol–water partition coefficient (Wildman–Crippen LogP) is 3.55. The van der Waals surface area contributed by atoms with E-state index in [1.54, 1.807) is 13.3 Å². The second-order valence-corrected chi connectivity index (χ2v) is 7.66. The summed E-state index contributed by atoms with van der Waals surface area (Å²) < 4.78 is 9.98. The molecular weight excluding hydrogens is 354 g/mol. The number of carbonyl (C=O) groups is 1. The Balaban J connectivity index is 1.72. The maximum Gasteiger partial charge on any atom is 0.178 e. The van der Waals surface area contributed by atoms with E-state index in [0.717, 1.165) is 34.2 Å². The molecule has 0 amide bonds. The summed E-state index contributed by atoms with van der Waals surface area (Å²) >= 11 is 0. The van der Waals surface area contributed by atoms with Crippen LogP contribution in [-0.2, 0) is 17.8 Å². The molecule has 3 aromatic rings. The Hall–Kier alpha value is -2.96. The van der Waals surface area contributed by atoms with E-state index in [-0.39, 0.29) is 17.7 Å². The Kier molecular flexibility index (Phi) is 4.75. The smallest absolute Gasteiger partial charge is 0.178 e. The van der Waals surface area contributed by atoms with Crippen LogP contribution in [0.15, 0.2) is 30.7 Å². The van der Waals surface area contributed by atoms with Gasteiger partial charge in [0.1, 0.15) is 36.0 Å². The third-order valence-electron chi connectivity index (χ3n) is 5.18. The number of rotatable bonds is 5. The summed E-state index contributed by atoms with van der Waals surface area (Å²) in [5.41, 5.74) is 2.86. The van der Waals surface area contributed by atoms with Crippen molar-refractivity contribution in [1.29, 1.82) is 0 Å². The van der Waals surface area contributed by atoms with E-state index < -0.39 is 0 Å². The molecule has 7 nitrogen and oxygen atoms in total. The standard InChI is InChI=1S/C21H25N5O2/c1-13(2)26-21(22-12-23-26)18-11-25-7-8-28-19-10-16(9-14(3)15(4)27)5-6-17(19)20(25)24-18/h5-6,10-14H,7-9H2,1-4H3. The van der Waals surface area contributed by atoms with Gasteiger partial charge < -0.3 is 9.30 Å². The van der Waals surface area contributed by atoms with Gasteiger partial charge in [0.05, 0.1) is 12.1 Å². The third kappa shape index (κ3) is 3.32. The minimum atomic E-state index is -0.000174. The number of benzene rings is 1. The quantitative estimate of drug-likeness (QED) is 0.678. The molecule has 0 bridgehead atoms. The van der Waals surface area contributed by atoms with Crippen LogP contribution in [0, 0.1) is 5.92 Å². The number of carbonyl (C=O) groups excluding carboxylic acids is 1. The SMILES string of the molecule is CC(=O)C(C)Cc1ccc2c(c1)OCCn1cc(-c3ncnn3C(C)C)nc1-2. The molecule has 1 aromatic carbocycles. The number of Topliss-reactive ketones (excluding diaryl/α,β-unsaturated/α-hetero) is 1. The van der Waals surface area contributed by atoms with Crippen molar-refractivity contribution in [3.63, 3.8) is 0 Å². The van der Waals surface area contributed by atoms with Gasteiger partial charge in [0.25, 0.3) is 0 Å². The van der Waals surface area contributed by atoms with Crippen LogP contribution < -0.4 is 4.74 Å². The maximum atomic E-state index is 11.6. The summed E-state index contributed by atoms with van der Waals surface area (Å²) in [6.07, 6.45) is 4.30. The number of ketones is 1. The van der Waals surface area contributed by atoms with Crippen molar-refractivity contribution in [2.75, 3.05) is 6.61 Å². The molecule has 1 unspecified atom stereocenters. The van der Waals surface area contributed by atoms with E-state index in [9.17, 15) is 4.79 Å². The highest BCUT2D eigenvalue weighted by atomic mass is 16.5. The van der Waals surface area contributed by atoms with Gasteiger partial charge in [0, 0.05) is 18.2 Å². The van der Waals surface area contributed by atoms with Crippen LogP contribution in [0.3, 0.4) is 0 Å². The van der Waals surface area contributed by atoms with Gasteiger partial charge in [-0.1, -0.05) is 13.0 Å². The molecule has 146 valence electrons. The summed E-state index contributed by atoms with van der Waals surface area (Å²) in [5, 5.41) is 4.32. The predicted molar refractivity (Wildman–Crippen MR) is 106 cm³/mol. The fourth-order valence-corrected chi connectivity index (χ4v) is 3.47. The lowest BCUT2D eigenvalue weighted by Gasteiger charge is -2.11. The fourth-order valence-electron chi connectivity index (χ4n) is 3.47. The van der Waals surface area contributed by atoms with E-state index in [4.69, 9.17) is 9.72 Å². The van der Waals surface area contributed by atoms with Crippen LogP contribution in [-0.4, -0.2) is 36.7 Å². The van der Waals surface area contributed by atoms with Crippen molar-refractivity contribution in [2.45, 2.75) is 46.7 Å². The van der Waals surface area contributed by atoms with E-state index in [1.807, 2.05) is 29.9 Å². The van der Waals surface area contributed by atoms with Gasteiger partial charge >= 0.3 is 0 Å². The molecule has 1 atom stereocenters. The summed E-state index contributed by atoms with van der Waals surface area (Å²) in [7, 11) is 0. The molecule has 1 aliphatic heterocycles. The topological polar surface area (TPSA) is 74.8 Å². The number of hydrogen-bond donors (Lipinski definition) is 0. The van der Waals surface area contributed by atoms with E-state index in [1.165, 1.54) is 0 Å². The van der Waals surface area contributed by atoms with Gasteiger partial charge in [-0.2, -0.15) is 5.10 Å². The van der Waals surface area contributed by atoms with Crippen molar-refractivity contribution in [3.8, 4) is 28.7 Å². The van der Waals surface area contributed by atoms with Gasteiger partial charge in [-0.3, -0.25) is 4.79 Å². The van der Waals surface area contributed by atoms with E-state index in [0.29, 0.717) is 19.6 Å². The number of ether oxygens (including phenoxy) is 1. The Bertz CT molecular complexity index is 1020. The molecule has 28 heavy (non-hydrogen) atoms. The molecule has 0 radical (unpaired) electrons. The molecule has 0 saturated carbocycles. The van der Waals surface area contributed by atoms with Crippen LogP contribution >= 0.6 is 0 Å². The first-order valence-corrected chi connectivity index (χ1v) is 9.67. The molecule has 0 N–H and O–H groups in total. The maximum absolute atomic E-state index is 11.6. The second kappa shape index (κ2) is 7.22. The molecule has 0 saturated heterocycles. The zero-order valence-electron chi connectivity index (χ0n) is 16.7. The monoisotopic (exact) mass is 379 g/mol. The summed E-state index contributed by atoms with van der Waals surface area (Å²) in [4.78, 5) is 20.9. The van der Waals surface area contributed by atoms with Gasteiger partial charge in [-0.25, -0.2) is 14.6 Å². The van der Waals surface area contributed by atoms with Gasteiger partial charge in [-0.05, 0) is 44.9 Å².